The molecule has 0 aliphatic rings. The van der Waals surface area contributed by atoms with E-state index in [1.54, 1.807) is 12.1 Å². The van der Waals surface area contributed by atoms with E-state index in [0.29, 0.717) is 17.9 Å². The van der Waals surface area contributed by atoms with Gasteiger partial charge in [-0.15, -0.1) is 0 Å². The van der Waals surface area contributed by atoms with E-state index in [1.807, 2.05) is 36.4 Å². The Hall–Kier alpha value is -3.11. The summed E-state index contributed by atoms with van der Waals surface area (Å²) in [6, 6.07) is 23.6. The number of carbonyl (C=O) groups is 1. The Kier molecular flexibility index (Phi) is 26.1. The second kappa shape index (κ2) is 31.0. The monoisotopic (exact) mass is 755 g/mol. The van der Waals surface area contributed by atoms with Crippen LogP contribution in [0.4, 0.5) is 0 Å². The molecule has 3 aromatic carbocycles. The van der Waals surface area contributed by atoms with Crippen LogP contribution < -0.4 is 9.47 Å². The topological polar surface area (TPSA) is 44.8 Å². The molecule has 0 spiro atoms. The lowest BCUT2D eigenvalue weighted by atomic mass is 10.0. The van der Waals surface area contributed by atoms with E-state index in [4.69, 9.17) is 14.2 Å². The summed E-state index contributed by atoms with van der Waals surface area (Å²) in [7, 11) is 0. The molecule has 1 unspecified atom stereocenters. The number of hydrogen-bond donors (Lipinski definition) is 0. The second-order valence-electron chi connectivity index (χ2n) is 15.9. The number of esters is 1. The normalized spacial score (nSPS) is 11.8. The predicted octanol–water partition coefficient (Wildman–Crippen LogP) is 16.2. The molecule has 55 heavy (non-hydrogen) atoms. The molecule has 0 saturated carbocycles. The molecule has 3 rings (SSSR count). The number of carbonyl (C=O) groups excluding carboxylic acids is 1. The largest absolute Gasteiger partial charge is 0.494 e. The highest BCUT2D eigenvalue weighted by Gasteiger charge is 2.11. The van der Waals surface area contributed by atoms with E-state index in [-0.39, 0.29) is 12.1 Å². The van der Waals surface area contributed by atoms with Crippen molar-refractivity contribution in [2.45, 2.75) is 194 Å². The highest BCUT2D eigenvalue weighted by Crippen LogP contribution is 2.26. The van der Waals surface area contributed by atoms with Crippen LogP contribution in [0.1, 0.15) is 210 Å². The van der Waals surface area contributed by atoms with Gasteiger partial charge in [0.25, 0.3) is 0 Å². The van der Waals surface area contributed by atoms with Crippen molar-refractivity contribution >= 4 is 5.97 Å². The Morgan fingerprint density at radius 1 is 0.436 bits per heavy atom. The maximum atomic E-state index is 12.8. The summed E-state index contributed by atoms with van der Waals surface area (Å²) in [6.45, 7) is 8.22. The van der Waals surface area contributed by atoms with Gasteiger partial charge in [-0.2, -0.15) is 0 Å². The molecule has 0 aromatic heterocycles. The van der Waals surface area contributed by atoms with Gasteiger partial charge in [0, 0.05) is 6.61 Å². The minimum Gasteiger partial charge on any atom is -0.494 e. The van der Waals surface area contributed by atoms with Crippen LogP contribution >= 0.6 is 0 Å². The Labute approximate surface area is 337 Å². The van der Waals surface area contributed by atoms with Crippen molar-refractivity contribution in [3.05, 3.63) is 83.9 Å². The third-order valence-electron chi connectivity index (χ3n) is 11.0. The third-order valence-corrected chi connectivity index (χ3v) is 11.0. The highest BCUT2D eigenvalue weighted by atomic mass is 16.5. The number of ether oxygens (including phenoxy) is 3. The average molecular weight is 755 g/mol. The molecule has 0 N–H and O–H groups in total. The van der Waals surface area contributed by atoms with Crippen molar-refractivity contribution in [1.82, 2.24) is 0 Å². The zero-order chi connectivity index (χ0) is 39.0. The SMILES string of the molecule is CCCCCCCCCCCCCCCCCCCCOC(C)c1ccc(-c2ccc(OC(=O)c3ccc(OCCCCCCCCCC)cc3)cc2)cc1. The van der Waals surface area contributed by atoms with Crippen LogP contribution in [-0.4, -0.2) is 19.2 Å². The minimum atomic E-state index is -0.370. The minimum absolute atomic E-state index is 0.0807. The fourth-order valence-corrected chi connectivity index (χ4v) is 7.30. The zero-order valence-corrected chi connectivity index (χ0v) is 35.4. The average Bonchev–Trinajstić information content (AvgIpc) is 3.21. The van der Waals surface area contributed by atoms with Crippen LogP contribution in [-0.2, 0) is 4.74 Å². The van der Waals surface area contributed by atoms with Crippen molar-refractivity contribution < 1.29 is 19.0 Å². The number of rotatable bonds is 34. The molecule has 0 aliphatic carbocycles. The van der Waals surface area contributed by atoms with Crippen molar-refractivity contribution in [3.63, 3.8) is 0 Å². The summed E-state index contributed by atoms with van der Waals surface area (Å²) in [6.07, 6.45) is 35.4. The molecular formula is C51H78O4. The van der Waals surface area contributed by atoms with Crippen LogP contribution in [0.5, 0.6) is 11.5 Å². The Morgan fingerprint density at radius 2 is 0.800 bits per heavy atom. The number of hydrogen-bond acceptors (Lipinski definition) is 4. The molecule has 306 valence electrons. The van der Waals surface area contributed by atoms with Gasteiger partial charge in [-0.3, -0.25) is 0 Å². The third kappa shape index (κ3) is 21.7. The van der Waals surface area contributed by atoms with E-state index in [2.05, 4.69) is 45.0 Å². The van der Waals surface area contributed by atoms with Crippen LogP contribution in [0.25, 0.3) is 11.1 Å². The quantitative estimate of drug-likeness (QED) is 0.0346. The van der Waals surface area contributed by atoms with Crippen LogP contribution in [0.15, 0.2) is 72.8 Å². The summed E-state index contributed by atoms with van der Waals surface area (Å²) < 4.78 is 17.7. The van der Waals surface area contributed by atoms with Crippen molar-refractivity contribution in [1.29, 1.82) is 0 Å². The van der Waals surface area contributed by atoms with Crippen LogP contribution in [0.3, 0.4) is 0 Å². The first-order valence-corrected chi connectivity index (χ1v) is 22.9. The molecule has 0 radical (unpaired) electrons. The van der Waals surface area contributed by atoms with Gasteiger partial charge in [0.1, 0.15) is 11.5 Å². The summed E-state index contributed by atoms with van der Waals surface area (Å²) in [5, 5.41) is 0. The molecule has 3 aromatic rings. The summed E-state index contributed by atoms with van der Waals surface area (Å²) in [5.74, 6) is 0.948. The first-order chi connectivity index (χ1) is 27.1. The lowest BCUT2D eigenvalue weighted by Crippen LogP contribution is -2.08. The van der Waals surface area contributed by atoms with Crippen molar-refractivity contribution in [2.75, 3.05) is 13.2 Å². The summed E-state index contributed by atoms with van der Waals surface area (Å²) in [4.78, 5) is 12.8. The van der Waals surface area contributed by atoms with Crippen molar-refractivity contribution in [2.24, 2.45) is 0 Å². The lowest BCUT2D eigenvalue weighted by Gasteiger charge is -2.14. The maximum absolute atomic E-state index is 12.8. The fourth-order valence-electron chi connectivity index (χ4n) is 7.30. The maximum Gasteiger partial charge on any atom is 0.343 e. The van der Waals surface area contributed by atoms with Crippen LogP contribution in [0, 0.1) is 0 Å². The van der Waals surface area contributed by atoms with E-state index < -0.39 is 0 Å². The standard InChI is InChI=1S/C51H78O4/c1-4-6-8-10-12-14-15-16-17-18-19-20-21-22-23-25-26-28-42-53-44(3)45-30-32-46(33-31-45)47-34-40-50(41-35-47)55-51(52)48-36-38-49(39-37-48)54-43-29-27-24-13-11-9-7-5-2/h30-41,44H,4-29,42-43H2,1-3H3. The van der Waals surface area contributed by atoms with E-state index in [9.17, 15) is 4.79 Å². The Bertz CT molecular complexity index is 1330. The molecule has 1 atom stereocenters. The van der Waals surface area contributed by atoms with Gasteiger partial charge in [-0.1, -0.05) is 204 Å². The fraction of sp³-hybridized carbons (Fsp3) is 0.627. The molecule has 0 aliphatic heterocycles. The van der Waals surface area contributed by atoms with Gasteiger partial charge in [0.15, 0.2) is 0 Å². The summed E-state index contributed by atoms with van der Waals surface area (Å²) in [5.41, 5.74) is 3.91. The first kappa shape index (κ1) is 46.3. The Morgan fingerprint density at radius 3 is 1.24 bits per heavy atom. The molecule has 0 fully saturated rings. The van der Waals surface area contributed by atoms with Gasteiger partial charge in [-0.05, 0) is 72.9 Å². The highest BCUT2D eigenvalue weighted by molar-refractivity contribution is 5.91. The zero-order valence-electron chi connectivity index (χ0n) is 35.4. The van der Waals surface area contributed by atoms with Crippen molar-refractivity contribution in [3.8, 4) is 22.6 Å². The molecule has 4 nitrogen and oxygen atoms in total. The predicted molar refractivity (Wildman–Crippen MR) is 235 cm³/mol. The van der Waals surface area contributed by atoms with Gasteiger partial charge in [0.05, 0.1) is 18.3 Å². The summed E-state index contributed by atoms with van der Waals surface area (Å²) >= 11 is 0. The Balaban J connectivity index is 1.20. The van der Waals surface area contributed by atoms with E-state index >= 15 is 0 Å². The molecule has 0 saturated heterocycles. The van der Waals surface area contributed by atoms with Gasteiger partial charge < -0.3 is 14.2 Å². The molecule has 4 heteroatoms. The van der Waals surface area contributed by atoms with Gasteiger partial charge in [-0.25, -0.2) is 4.79 Å². The van der Waals surface area contributed by atoms with Gasteiger partial charge in [0.2, 0.25) is 0 Å². The van der Waals surface area contributed by atoms with Gasteiger partial charge >= 0.3 is 5.97 Å². The second-order valence-corrected chi connectivity index (χ2v) is 15.9. The smallest absolute Gasteiger partial charge is 0.343 e. The molecule has 0 bridgehead atoms. The molecule has 0 amide bonds. The molecule has 0 heterocycles. The number of unbranched alkanes of at least 4 members (excludes halogenated alkanes) is 24. The van der Waals surface area contributed by atoms with Crippen LogP contribution in [0.2, 0.25) is 0 Å². The van der Waals surface area contributed by atoms with E-state index in [1.165, 1.54) is 160 Å². The first-order valence-electron chi connectivity index (χ1n) is 22.9. The number of benzene rings is 3. The van der Waals surface area contributed by atoms with E-state index in [0.717, 1.165) is 36.3 Å². The lowest BCUT2D eigenvalue weighted by molar-refractivity contribution is 0.0627. The molecular weight excluding hydrogens is 677 g/mol.